The average Bonchev–Trinajstić information content (AvgIpc) is 2.82. The van der Waals surface area contributed by atoms with Crippen molar-refractivity contribution in [3.05, 3.63) is 45.1 Å². The summed E-state index contributed by atoms with van der Waals surface area (Å²) < 4.78 is 7.62. The van der Waals surface area contributed by atoms with Gasteiger partial charge in [-0.3, -0.25) is 4.79 Å². The monoisotopic (exact) mass is 368 g/mol. The van der Waals surface area contributed by atoms with E-state index in [2.05, 4.69) is 38.9 Å². The molecule has 1 aromatic carbocycles. The van der Waals surface area contributed by atoms with Crippen molar-refractivity contribution in [2.24, 2.45) is 7.05 Å². The number of ketones is 1. The summed E-state index contributed by atoms with van der Waals surface area (Å²) >= 11 is 0. The number of carbonyl (C=O) groups excluding carboxylic acids is 1. The van der Waals surface area contributed by atoms with Crippen molar-refractivity contribution in [1.82, 2.24) is 9.78 Å². The van der Waals surface area contributed by atoms with E-state index >= 15 is 0 Å². The first-order chi connectivity index (χ1) is 12.5. The van der Waals surface area contributed by atoms with Gasteiger partial charge < -0.3 is 4.74 Å². The van der Waals surface area contributed by atoms with E-state index in [-0.39, 0.29) is 17.3 Å². The van der Waals surface area contributed by atoms with Crippen LogP contribution in [-0.4, -0.2) is 21.7 Å². The van der Waals surface area contributed by atoms with Gasteiger partial charge in [-0.15, -0.1) is 0 Å². The first-order valence-electron chi connectivity index (χ1n) is 9.93. The Morgan fingerprint density at radius 1 is 1.26 bits per heavy atom. The standard InChI is InChI=1S/C23H32N2O2/c1-13(2)27-22-19(16(5)24-25(22)8)21(26)18-12-14(3)17-10-9-11-23(6,7)20(17)15(18)4/h12-13H,9-11H2,1-8H3. The number of carbonyl (C=O) groups is 1. The fourth-order valence-corrected chi connectivity index (χ4v) is 4.67. The summed E-state index contributed by atoms with van der Waals surface area (Å²) in [6, 6.07) is 2.07. The van der Waals surface area contributed by atoms with Crippen LogP contribution in [0.25, 0.3) is 0 Å². The number of hydrogen-bond donors (Lipinski definition) is 0. The highest BCUT2D eigenvalue weighted by atomic mass is 16.5. The van der Waals surface area contributed by atoms with Gasteiger partial charge in [0.2, 0.25) is 11.7 Å². The molecule has 0 N–H and O–H groups in total. The molecule has 0 bridgehead atoms. The highest BCUT2D eigenvalue weighted by molar-refractivity contribution is 6.12. The third-order valence-corrected chi connectivity index (χ3v) is 5.81. The van der Waals surface area contributed by atoms with Crippen molar-refractivity contribution < 1.29 is 9.53 Å². The Morgan fingerprint density at radius 2 is 1.93 bits per heavy atom. The fraction of sp³-hybridized carbons (Fsp3) is 0.565. The molecule has 1 heterocycles. The lowest BCUT2D eigenvalue weighted by Gasteiger charge is -2.36. The van der Waals surface area contributed by atoms with E-state index in [4.69, 9.17) is 4.74 Å². The predicted octanol–water partition coefficient (Wildman–Crippen LogP) is 4.98. The molecule has 0 amide bonds. The third kappa shape index (κ3) is 3.30. The minimum absolute atomic E-state index is 0.0148. The molecule has 0 saturated heterocycles. The maximum atomic E-state index is 13.6. The molecule has 1 aliphatic carbocycles. The molecule has 0 fully saturated rings. The minimum Gasteiger partial charge on any atom is -0.475 e. The number of hydrogen-bond acceptors (Lipinski definition) is 3. The summed E-state index contributed by atoms with van der Waals surface area (Å²) in [5, 5.41) is 4.45. The van der Waals surface area contributed by atoms with Gasteiger partial charge in [-0.25, -0.2) is 4.68 Å². The highest BCUT2D eigenvalue weighted by Crippen LogP contribution is 2.42. The number of aryl methyl sites for hydroxylation is 3. The molecule has 0 saturated carbocycles. The van der Waals surface area contributed by atoms with Gasteiger partial charge in [0.1, 0.15) is 5.56 Å². The van der Waals surface area contributed by atoms with Crippen LogP contribution < -0.4 is 4.74 Å². The quantitative estimate of drug-likeness (QED) is 0.715. The van der Waals surface area contributed by atoms with Crippen LogP contribution in [0, 0.1) is 20.8 Å². The molecule has 4 nitrogen and oxygen atoms in total. The summed E-state index contributed by atoms with van der Waals surface area (Å²) in [6.45, 7) is 14.7. The van der Waals surface area contributed by atoms with Gasteiger partial charge in [-0.05, 0) is 87.6 Å². The van der Waals surface area contributed by atoms with Crippen LogP contribution in [0.3, 0.4) is 0 Å². The highest BCUT2D eigenvalue weighted by Gasteiger charge is 2.33. The normalized spacial score (nSPS) is 15.7. The van der Waals surface area contributed by atoms with E-state index in [0.29, 0.717) is 17.1 Å². The molecule has 0 atom stereocenters. The number of nitrogens with zero attached hydrogens (tertiary/aromatic N) is 2. The Kier molecular flexibility index (Phi) is 4.96. The van der Waals surface area contributed by atoms with Crippen molar-refractivity contribution in [1.29, 1.82) is 0 Å². The Hall–Kier alpha value is -2.10. The number of benzene rings is 1. The molecule has 0 spiro atoms. The van der Waals surface area contributed by atoms with E-state index in [9.17, 15) is 4.79 Å². The van der Waals surface area contributed by atoms with Crippen LogP contribution in [0.2, 0.25) is 0 Å². The minimum atomic E-state index is -0.0170. The van der Waals surface area contributed by atoms with Crippen LogP contribution in [0.15, 0.2) is 6.07 Å². The van der Waals surface area contributed by atoms with Gasteiger partial charge in [0.25, 0.3) is 0 Å². The van der Waals surface area contributed by atoms with Crippen LogP contribution >= 0.6 is 0 Å². The van der Waals surface area contributed by atoms with Crippen molar-refractivity contribution in [2.45, 2.75) is 79.2 Å². The van der Waals surface area contributed by atoms with Crippen molar-refractivity contribution in [2.75, 3.05) is 0 Å². The van der Waals surface area contributed by atoms with Crippen LogP contribution in [0.4, 0.5) is 0 Å². The van der Waals surface area contributed by atoms with E-state index < -0.39 is 0 Å². The average molecular weight is 369 g/mol. The topological polar surface area (TPSA) is 44.1 Å². The molecule has 27 heavy (non-hydrogen) atoms. The van der Waals surface area contributed by atoms with Crippen molar-refractivity contribution >= 4 is 5.78 Å². The molecule has 3 rings (SSSR count). The lowest BCUT2D eigenvalue weighted by Crippen LogP contribution is -2.27. The van der Waals surface area contributed by atoms with Crippen molar-refractivity contribution in [3.8, 4) is 5.88 Å². The Balaban J connectivity index is 2.19. The van der Waals surface area contributed by atoms with E-state index in [1.54, 1.807) is 4.68 Å². The van der Waals surface area contributed by atoms with E-state index in [1.165, 1.54) is 23.1 Å². The van der Waals surface area contributed by atoms with Crippen LogP contribution in [0.1, 0.15) is 84.4 Å². The van der Waals surface area contributed by atoms with Crippen LogP contribution in [0.5, 0.6) is 5.88 Å². The zero-order valence-corrected chi connectivity index (χ0v) is 18.0. The molecule has 0 aliphatic heterocycles. The number of ether oxygens (including phenoxy) is 1. The Bertz CT molecular complexity index is 904. The molecule has 4 heteroatoms. The lowest BCUT2D eigenvalue weighted by molar-refractivity contribution is 0.103. The van der Waals surface area contributed by atoms with E-state index in [1.807, 2.05) is 27.8 Å². The maximum Gasteiger partial charge on any atom is 0.223 e. The molecule has 0 radical (unpaired) electrons. The second kappa shape index (κ2) is 6.81. The third-order valence-electron chi connectivity index (χ3n) is 5.81. The zero-order chi connectivity index (χ0) is 20.1. The summed E-state index contributed by atoms with van der Waals surface area (Å²) in [5.41, 5.74) is 7.32. The van der Waals surface area contributed by atoms with Gasteiger partial charge in [-0.2, -0.15) is 5.10 Å². The Morgan fingerprint density at radius 3 is 2.56 bits per heavy atom. The number of rotatable bonds is 4. The largest absolute Gasteiger partial charge is 0.475 e. The molecular weight excluding hydrogens is 336 g/mol. The molecule has 146 valence electrons. The van der Waals surface area contributed by atoms with E-state index in [0.717, 1.165) is 24.0 Å². The second-order valence-electron chi connectivity index (χ2n) is 8.84. The fourth-order valence-electron chi connectivity index (χ4n) is 4.67. The summed E-state index contributed by atoms with van der Waals surface area (Å²) in [7, 11) is 1.83. The van der Waals surface area contributed by atoms with Crippen LogP contribution in [-0.2, 0) is 18.9 Å². The summed E-state index contributed by atoms with van der Waals surface area (Å²) in [6.07, 6.45) is 3.46. The van der Waals surface area contributed by atoms with Gasteiger partial charge in [0.05, 0.1) is 11.8 Å². The zero-order valence-electron chi connectivity index (χ0n) is 18.0. The van der Waals surface area contributed by atoms with Gasteiger partial charge in [0.15, 0.2) is 0 Å². The SMILES string of the molecule is Cc1cc(C(=O)c2c(C)nn(C)c2OC(C)C)c(C)c2c1CCCC2(C)C. The van der Waals surface area contributed by atoms with Gasteiger partial charge in [-0.1, -0.05) is 13.8 Å². The molecular formula is C23H32N2O2. The lowest BCUT2D eigenvalue weighted by atomic mass is 9.68. The number of aromatic nitrogens is 2. The molecule has 1 aromatic heterocycles. The first-order valence-corrected chi connectivity index (χ1v) is 9.93. The maximum absolute atomic E-state index is 13.6. The van der Waals surface area contributed by atoms with Crippen molar-refractivity contribution in [3.63, 3.8) is 0 Å². The first kappa shape index (κ1) is 19.7. The smallest absolute Gasteiger partial charge is 0.223 e. The summed E-state index contributed by atoms with van der Waals surface area (Å²) in [4.78, 5) is 13.6. The Labute approximate surface area is 162 Å². The van der Waals surface area contributed by atoms with Gasteiger partial charge in [0, 0.05) is 12.6 Å². The second-order valence-corrected chi connectivity index (χ2v) is 8.84. The summed E-state index contributed by atoms with van der Waals surface area (Å²) in [5.74, 6) is 0.572. The molecule has 0 unspecified atom stereocenters. The van der Waals surface area contributed by atoms with Gasteiger partial charge >= 0.3 is 0 Å². The molecule has 1 aliphatic rings. The number of fused-ring (bicyclic) bond motifs is 1. The molecule has 2 aromatic rings. The predicted molar refractivity (Wildman–Crippen MR) is 109 cm³/mol.